The van der Waals surface area contributed by atoms with E-state index in [4.69, 9.17) is 9.26 Å². The lowest BCUT2D eigenvalue weighted by atomic mass is 10.1. The SMILES string of the molecule is CC(C)c1noc([C@@H](C)N2CCO[C@H](c3ccc(F)cc3)C2)n1. The highest BCUT2D eigenvalue weighted by atomic mass is 19.1. The Bertz CT molecular complexity index is 642. The minimum Gasteiger partial charge on any atom is -0.371 e. The van der Waals surface area contributed by atoms with Crippen molar-refractivity contribution in [1.82, 2.24) is 15.0 Å². The number of morpholine rings is 1. The summed E-state index contributed by atoms with van der Waals surface area (Å²) in [4.78, 5) is 6.74. The van der Waals surface area contributed by atoms with Crippen LogP contribution in [-0.4, -0.2) is 34.7 Å². The van der Waals surface area contributed by atoms with Gasteiger partial charge in [0.25, 0.3) is 0 Å². The number of ether oxygens (including phenoxy) is 1. The molecule has 0 N–H and O–H groups in total. The van der Waals surface area contributed by atoms with Crippen LogP contribution in [0.25, 0.3) is 0 Å². The summed E-state index contributed by atoms with van der Waals surface area (Å²) in [5.41, 5.74) is 0.983. The quantitative estimate of drug-likeness (QED) is 0.864. The summed E-state index contributed by atoms with van der Waals surface area (Å²) < 4.78 is 24.3. The third-order valence-corrected chi connectivity index (χ3v) is 4.22. The maximum Gasteiger partial charge on any atom is 0.243 e. The summed E-state index contributed by atoms with van der Waals surface area (Å²) in [6.45, 7) is 8.28. The van der Waals surface area contributed by atoms with Gasteiger partial charge < -0.3 is 9.26 Å². The second kappa shape index (κ2) is 6.76. The summed E-state index contributed by atoms with van der Waals surface area (Å²) in [7, 11) is 0. The molecule has 1 aliphatic heterocycles. The van der Waals surface area contributed by atoms with Gasteiger partial charge in [0, 0.05) is 19.0 Å². The molecular weight excluding hydrogens is 297 g/mol. The van der Waals surface area contributed by atoms with Gasteiger partial charge in [-0.15, -0.1) is 0 Å². The van der Waals surface area contributed by atoms with Crippen molar-refractivity contribution in [1.29, 1.82) is 0 Å². The van der Waals surface area contributed by atoms with Gasteiger partial charge in [-0.2, -0.15) is 4.98 Å². The van der Waals surface area contributed by atoms with Crippen LogP contribution in [0.1, 0.15) is 56.1 Å². The highest BCUT2D eigenvalue weighted by Gasteiger charge is 2.29. The fourth-order valence-corrected chi connectivity index (χ4v) is 2.71. The van der Waals surface area contributed by atoms with Crippen molar-refractivity contribution in [2.45, 2.75) is 38.8 Å². The Hall–Kier alpha value is -1.79. The maximum absolute atomic E-state index is 13.1. The average Bonchev–Trinajstić information content (AvgIpc) is 3.05. The first-order chi connectivity index (χ1) is 11.0. The zero-order valence-electron chi connectivity index (χ0n) is 13.7. The fourth-order valence-electron chi connectivity index (χ4n) is 2.71. The maximum atomic E-state index is 13.1. The molecule has 2 heterocycles. The molecule has 23 heavy (non-hydrogen) atoms. The van der Waals surface area contributed by atoms with Crippen molar-refractivity contribution >= 4 is 0 Å². The van der Waals surface area contributed by atoms with Gasteiger partial charge in [-0.25, -0.2) is 4.39 Å². The normalized spacial score (nSPS) is 20.8. The zero-order chi connectivity index (χ0) is 16.4. The second-order valence-electron chi connectivity index (χ2n) is 6.23. The van der Waals surface area contributed by atoms with E-state index in [2.05, 4.69) is 22.0 Å². The molecule has 0 radical (unpaired) electrons. The van der Waals surface area contributed by atoms with E-state index in [1.54, 1.807) is 12.1 Å². The van der Waals surface area contributed by atoms with E-state index in [0.717, 1.165) is 17.9 Å². The number of aromatic nitrogens is 2. The van der Waals surface area contributed by atoms with Crippen molar-refractivity contribution in [2.24, 2.45) is 0 Å². The molecule has 6 heteroatoms. The lowest BCUT2D eigenvalue weighted by Gasteiger charge is -2.35. The van der Waals surface area contributed by atoms with E-state index in [9.17, 15) is 4.39 Å². The van der Waals surface area contributed by atoms with Crippen molar-refractivity contribution in [2.75, 3.05) is 19.7 Å². The highest BCUT2D eigenvalue weighted by Crippen LogP contribution is 2.28. The van der Waals surface area contributed by atoms with Gasteiger partial charge in [0.05, 0.1) is 18.8 Å². The van der Waals surface area contributed by atoms with Crippen LogP contribution >= 0.6 is 0 Å². The number of benzene rings is 1. The lowest BCUT2D eigenvalue weighted by Crippen LogP contribution is -2.40. The summed E-state index contributed by atoms with van der Waals surface area (Å²) in [5, 5.41) is 4.03. The Kier molecular flexibility index (Phi) is 4.73. The van der Waals surface area contributed by atoms with E-state index in [1.807, 2.05) is 13.8 Å². The van der Waals surface area contributed by atoms with Gasteiger partial charge in [0.1, 0.15) is 5.82 Å². The molecule has 0 unspecified atom stereocenters. The molecule has 1 saturated heterocycles. The van der Waals surface area contributed by atoms with Crippen LogP contribution in [0, 0.1) is 5.82 Å². The second-order valence-corrected chi connectivity index (χ2v) is 6.23. The van der Waals surface area contributed by atoms with Crippen molar-refractivity contribution in [3.8, 4) is 0 Å². The molecule has 0 amide bonds. The summed E-state index contributed by atoms with van der Waals surface area (Å²) >= 11 is 0. The van der Waals surface area contributed by atoms with E-state index in [-0.39, 0.29) is 23.9 Å². The Labute approximate surface area is 135 Å². The van der Waals surface area contributed by atoms with Gasteiger partial charge in [0.15, 0.2) is 5.82 Å². The minimum absolute atomic E-state index is 0.0295. The predicted octanol–water partition coefficient (Wildman–Crippen LogP) is 3.47. The van der Waals surface area contributed by atoms with Gasteiger partial charge >= 0.3 is 0 Å². The standard InChI is InChI=1S/C17H22FN3O2/c1-11(2)16-19-17(23-20-16)12(3)21-8-9-22-15(10-21)13-4-6-14(18)7-5-13/h4-7,11-12,15H,8-10H2,1-3H3/t12-,15+/m1/s1. The first kappa shape index (κ1) is 16.1. The molecule has 124 valence electrons. The predicted molar refractivity (Wildman–Crippen MR) is 83.5 cm³/mol. The van der Waals surface area contributed by atoms with Gasteiger partial charge in [-0.3, -0.25) is 4.90 Å². The Balaban J connectivity index is 1.70. The molecule has 0 aliphatic carbocycles. The largest absolute Gasteiger partial charge is 0.371 e. The molecule has 3 rings (SSSR count). The van der Waals surface area contributed by atoms with Crippen molar-refractivity contribution < 1.29 is 13.7 Å². The van der Waals surface area contributed by atoms with Gasteiger partial charge in [-0.1, -0.05) is 31.1 Å². The van der Waals surface area contributed by atoms with E-state index < -0.39 is 0 Å². The Morgan fingerprint density at radius 1 is 1.22 bits per heavy atom. The summed E-state index contributed by atoms with van der Waals surface area (Å²) in [5.74, 6) is 1.38. The monoisotopic (exact) mass is 319 g/mol. The first-order valence-electron chi connectivity index (χ1n) is 7.99. The van der Waals surface area contributed by atoms with Gasteiger partial charge in [-0.05, 0) is 24.6 Å². The number of nitrogens with zero attached hydrogens (tertiary/aromatic N) is 3. The number of halogens is 1. The van der Waals surface area contributed by atoms with Crippen LogP contribution in [0.15, 0.2) is 28.8 Å². The van der Waals surface area contributed by atoms with Crippen molar-refractivity contribution in [3.05, 3.63) is 47.4 Å². The Morgan fingerprint density at radius 2 is 1.96 bits per heavy atom. The molecule has 1 aromatic carbocycles. The van der Waals surface area contributed by atoms with Crippen LogP contribution in [0.5, 0.6) is 0 Å². The number of hydrogen-bond acceptors (Lipinski definition) is 5. The van der Waals surface area contributed by atoms with Crippen LogP contribution in [-0.2, 0) is 4.74 Å². The molecule has 2 atom stereocenters. The molecule has 1 fully saturated rings. The molecule has 0 bridgehead atoms. The number of rotatable bonds is 4. The zero-order valence-corrected chi connectivity index (χ0v) is 13.7. The summed E-state index contributed by atoms with van der Waals surface area (Å²) in [6, 6.07) is 6.51. The van der Waals surface area contributed by atoms with Crippen LogP contribution in [0.2, 0.25) is 0 Å². The van der Waals surface area contributed by atoms with E-state index in [1.165, 1.54) is 12.1 Å². The molecule has 1 aliphatic rings. The highest BCUT2D eigenvalue weighted by molar-refractivity contribution is 5.19. The number of hydrogen-bond donors (Lipinski definition) is 0. The van der Waals surface area contributed by atoms with Crippen LogP contribution in [0.3, 0.4) is 0 Å². The Morgan fingerprint density at radius 3 is 2.61 bits per heavy atom. The average molecular weight is 319 g/mol. The third-order valence-electron chi connectivity index (χ3n) is 4.22. The summed E-state index contributed by atoms with van der Waals surface area (Å²) in [6.07, 6.45) is -0.0701. The topological polar surface area (TPSA) is 51.4 Å². The molecule has 0 saturated carbocycles. The molecule has 5 nitrogen and oxygen atoms in total. The molecule has 0 spiro atoms. The minimum atomic E-state index is -0.234. The van der Waals surface area contributed by atoms with Crippen LogP contribution in [0.4, 0.5) is 4.39 Å². The fraction of sp³-hybridized carbons (Fsp3) is 0.529. The van der Waals surface area contributed by atoms with E-state index >= 15 is 0 Å². The van der Waals surface area contributed by atoms with E-state index in [0.29, 0.717) is 19.0 Å². The van der Waals surface area contributed by atoms with Crippen molar-refractivity contribution in [3.63, 3.8) is 0 Å². The first-order valence-corrected chi connectivity index (χ1v) is 7.99. The molecule has 1 aromatic heterocycles. The third kappa shape index (κ3) is 3.59. The lowest BCUT2D eigenvalue weighted by molar-refractivity contribution is -0.0469. The van der Waals surface area contributed by atoms with Gasteiger partial charge in [0.2, 0.25) is 5.89 Å². The molecular formula is C17H22FN3O2. The smallest absolute Gasteiger partial charge is 0.243 e. The van der Waals surface area contributed by atoms with Crippen LogP contribution < -0.4 is 0 Å². The molecule has 2 aromatic rings.